The van der Waals surface area contributed by atoms with Crippen LogP contribution in [0.2, 0.25) is 0 Å². The predicted octanol–water partition coefficient (Wildman–Crippen LogP) is 3.30. The molecule has 1 aromatic carbocycles. The van der Waals surface area contributed by atoms with Gasteiger partial charge in [0.2, 0.25) is 0 Å². The molecule has 3 nitrogen and oxygen atoms in total. The van der Waals surface area contributed by atoms with Crippen LogP contribution in [-0.4, -0.2) is 19.3 Å². The highest BCUT2D eigenvalue weighted by atomic mass is 79.9. The Balaban J connectivity index is 3.44. The van der Waals surface area contributed by atoms with E-state index >= 15 is 0 Å². The molecule has 1 N–H and O–H groups in total. The number of halogens is 1. The number of aromatic hydroxyl groups is 1. The number of rotatable bonds is 3. The molecule has 0 heterocycles. The molecule has 0 bridgehead atoms. The van der Waals surface area contributed by atoms with Gasteiger partial charge in [-0.3, -0.25) is 0 Å². The van der Waals surface area contributed by atoms with E-state index in [9.17, 15) is 5.11 Å². The number of ether oxygens (including phenoxy) is 2. The maximum absolute atomic E-state index is 9.83. The molecule has 0 saturated heterocycles. The summed E-state index contributed by atoms with van der Waals surface area (Å²) in [6.07, 6.45) is 0. The van der Waals surface area contributed by atoms with E-state index in [1.807, 2.05) is 13.8 Å². The summed E-state index contributed by atoms with van der Waals surface area (Å²) in [5.41, 5.74) is 0.827. The predicted molar refractivity (Wildman–Crippen MR) is 63.0 cm³/mol. The van der Waals surface area contributed by atoms with Crippen molar-refractivity contribution in [3.8, 4) is 17.2 Å². The molecule has 15 heavy (non-hydrogen) atoms. The first kappa shape index (κ1) is 12.2. The first-order chi connectivity index (χ1) is 7.02. The van der Waals surface area contributed by atoms with Crippen molar-refractivity contribution in [1.29, 1.82) is 0 Å². The molecule has 1 rings (SSSR count). The second-order valence-corrected chi connectivity index (χ2v) is 4.31. The van der Waals surface area contributed by atoms with E-state index in [1.54, 1.807) is 20.3 Å². The quantitative estimate of drug-likeness (QED) is 0.919. The molecule has 0 aliphatic heterocycles. The molecule has 0 aliphatic carbocycles. The smallest absolute Gasteiger partial charge is 0.175 e. The highest BCUT2D eigenvalue weighted by molar-refractivity contribution is 9.10. The zero-order valence-corrected chi connectivity index (χ0v) is 10.9. The van der Waals surface area contributed by atoms with Gasteiger partial charge in [0.05, 0.1) is 18.7 Å². The van der Waals surface area contributed by atoms with Gasteiger partial charge >= 0.3 is 0 Å². The molecule has 0 aliphatic rings. The summed E-state index contributed by atoms with van der Waals surface area (Å²) in [4.78, 5) is 0. The molecular formula is C11H15BrO3. The highest BCUT2D eigenvalue weighted by Crippen LogP contribution is 2.45. The lowest BCUT2D eigenvalue weighted by atomic mass is 10.0. The number of phenolic OH excluding ortho intramolecular Hbond substituents is 1. The lowest BCUT2D eigenvalue weighted by Crippen LogP contribution is -1.97. The molecular weight excluding hydrogens is 260 g/mol. The molecule has 4 heteroatoms. The van der Waals surface area contributed by atoms with E-state index in [0.717, 1.165) is 10.0 Å². The minimum absolute atomic E-state index is 0.208. The SMILES string of the molecule is COc1cc(O)c(C(C)C)c(Br)c1OC. The maximum Gasteiger partial charge on any atom is 0.175 e. The van der Waals surface area contributed by atoms with Gasteiger partial charge in [-0.25, -0.2) is 0 Å². The van der Waals surface area contributed by atoms with Crippen LogP contribution < -0.4 is 9.47 Å². The average molecular weight is 275 g/mol. The minimum atomic E-state index is 0.208. The lowest BCUT2D eigenvalue weighted by Gasteiger charge is -2.16. The third-order valence-electron chi connectivity index (χ3n) is 2.20. The van der Waals surface area contributed by atoms with Crippen LogP contribution in [0.5, 0.6) is 17.2 Å². The van der Waals surface area contributed by atoms with Crippen LogP contribution in [0.25, 0.3) is 0 Å². The number of hydrogen-bond acceptors (Lipinski definition) is 3. The fourth-order valence-corrected chi connectivity index (χ4v) is 2.52. The zero-order chi connectivity index (χ0) is 11.6. The Labute approximate surface area is 98.1 Å². The fourth-order valence-electron chi connectivity index (χ4n) is 1.50. The Morgan fingerprint density at radius 2 is 1.87 bits per heavy atom. The standard InChI is InChI=1S/C11H15BrO3/c1-6(2)9-7(13)5-8(14-3)11(15-4)10(9)12/h5-6,13H,1-4H3. The van der Waals surface area contributed by atoms with E-state index in [1.165, 1.54) is 0 Å². The van der Waals surface area contributed by atoms with Gasteiger partial charge in [-0.2, -0.15) is 0 Å². The second kappa shape index (κ2) is 4.75. The van der Waals surface area contributed by atoms with Crippen molar-refractivity contribution in [1.82, 2.24) is 0 Å². The molecule has 0 unspecified atom stereocenters. The molecule has 0 spiro atoms. The monoisotopic (exact) mass is 274 g/mol. The van der Waals surface area contributed by atoms with E-state index in [4.69, 9.17) is 9.47 Å². The van der Waals surface area contributed by atoms with Crippen molar-refractivity contribution in [2.75, 3.05) is 14.2 Å². The third-order valence-corrected chi connectivity index (χ3v) is 2.99. The van der Waals surface area contributed by atoms with Gasteiger partial charge < -0.3 is 14.6 Å². The first-order valence-corrected chi connectivity index (χ1v) is 5.45. The topological polar surface area (TPSA) is 38.7 Å². The van der Waals surface area contributed by atoms with Crippen molar-refractivity contribution >= 4 is 15.9 Å². The number of benzene rings is 1. The fraction of sp³-hybridized carbons (Fsp3) is 0.455. The van der Waals surface area contributed by atoms with Gasteiger partial charge in [0.25, 0.3) is 0 Å². The Bertz CT molecular complexity index is 361. The Morgan fingerprint density at radius 3 is 2.27 bits per heavy atom. The lowest BCUT2D eigenvalue weighted by molar-refractivity contribution is 0.348. The summed E-state index contributed by atoms with van der Waals surface area (Å²) in [5, 5.41) is 9.83. The van der Waals surface area contributed by atoms with E-state index < -0.39 is 0 Å². The molecule has 0 amide bonds. The van der Waals surface area contributed by atoms with Crippen LogP contribution in [0.4, 0.5) is 0 Å². The van der Waals surface area contributed by atoms with Crippen molar-refractivity contribution in [3.05, 3.63) is 16.1 Å². The zero-order valence-electron chi connectivity index (χ0n) is 9.30. The van der Waals surface area contributed by atoms with Gasteiger partial charge in [0, 0.05) is 11.6 Å². The van der Waals surface area contributed by atoms with Crippen LogP contribution in [0.3, 0.4) is 0 Å². The normalized spacial score (nSPS) is 10.5. The molecule has 0 atom stereocenters. The van der Waals surface area contributed by atoms with Crippen LogP contribution in [0.15, 0.2) is 10.5 Å². The number of phenols is 1. The number of hydrogen-bond donors (Lipinski definition) is 1. The summed E-state index contributed by atoms with van der Waals surface area (Å²) >= 11 is 3.42. The summed E-state index contributed by atoms with van der Waals surface area (Å²) in [6, 6.07) is 1.57. The molecule has 0 radical (unpaired) electrons. The van der Waals surface area contributed by atoms with Crippen LogP contribution in [0.1, 0.15) is 25.3 Å². The van der Waals surface area contributed by atoms with Crippen molar-refractivity contribution in [2.45, 2.75) is 19.8 Å². The van der Waals surface area contributed by atoms with Gasteiger partial charge in [-0.1, -0.05) is 13.8 Å². The minimum Gasteiger partial charge on any atom is -0.507 e. The molecule has 84 valence electrons. The van der Waals surface area contributed by atoms with Gasteiger partial charge in [-0.15, -0.1) is 0 Å². The van der Waals surface area contributed by atoms with E-state index in [-0.39, 0.29) is 11.7 Å². The maximum atomic E-state index is 9.83. The van der Waals surface area contributed by atoms with Gasteiger partial charge in [0.15, 0.2) is 11.5 Å². The molecule has 0 aromatic heterocycles. The summed E-state index contributed by atoms with van der Waals surface area (Å²) < 4.78 is 11.1. The highest BCUT2D eigenvalue weighted by Gasteiger charge is 2.19. The average Bonchev–Trinajstić information content (AvgIpc) is 2.16. The Kier molecular flexibility index (Phi) is 3.85. The van der Waals surface area contributed by atoms with Crippen molar-refractivity contribution < 1.29 is 14.6 Å². The summed E-state index contributed by atoms with van der Waals surface area (Å²) in [7, 11) is 3.11. The van der Waals surface area contributed by atoms with Gasteiger partial charge in [-0.05, 0) is 21.8 Å². The second-order valence-electron chi connectivity index (χ2n) is 3.51. The van der Waals surface area contributed by atoms with Crippen molar-refractivity contribution in [3.63, 3.8) is 0 Å². The third kappa shape index (κ3) is 2.20. The largest absolute Gasteiger partial charge is 0.507 e. The van der Waals surface area contributed by atoms with Crippen molar-refractivity contribution in [2.24, 2.45) is 0 Å². The van der Waals surface area contributed by atoms with E-state index in [0.29, 0.717) is 11.5 Å². The number of methoxy groups -OCH3 is 2. The Morgan fingerprint density at radius 1 is 1.27 bits per heavy atom. The molecule has 0 fully saturated rings. The summed E-state index contributed by atoms with van der Waals surface area (Å²) in [5.74, 6) is 1.55. The van der Waals surface area contributed by atoms with Crippen LogP contribution in [-0.2, 0) is 0 Å². The molecule has 1 aromatic rings. The van der Waals surface area contributed by atoms with Crippen LogP contribution in [0, 0.1) is 0 Å². The summed E-state index contributed by atoms with van der Waals surface area (Å²) in [6.45, 7) is 4.01. The molecule has 0 saturated carbocycles. The van der Waals surface area contributed by atoms with E-state index in [2.05, 4.69) is 15.9 Å². The van der Waals surface area contributed by atoms with Crippen LogP contribution >= 0.6 is 15.9 Å². The van der Waals surface area contributed by atoms with Gasteiger partial charge in [0.1, 0.15) is 5.75 Å². The Hall–Kier alpha value is -0.900. The first-order valence-electron chi connectivity index (χ1n) is 4.66.